The quantitative estimate of drug-likeness (QED) is 0.704. The molecule has 4 heteroatoms. The van der Waals surface area contributed by atoms with E-state index in [2.05, 4.69) is 42.0 Å². The Bertz CT molecular complexity index is 432. The number of benzene rings is 1. The second-order valence-corrected chi connectivity index (χ2v) is 6.72. The molecule has 19 heavy (non-hydrogen) atoms. The van der Waals surface area contributed by atoms with Gasteiger partial charge in [0, 0.05) is 21.8 Å². The smallest absolute Gasteiger partial charge is 0.105 e. The van der Waals surface area contributed by atoms with Crippen LogP contribution in [0.5, 0.6) is 0 Å². The number of hydrogen-bond donors (Lipinski definition) is 2. The van der Waals surface area contributed by atoms with E-state index >= 15 is 0 Å². The number of halogens is 1. The van der Waals surface area contributed by atoms with Crippen molar-refractivity contribution < 1.29 is 0 Å². The van der Waals surface area contributed by atoms with Crippen LogP contribution >= 0.6 is 28.1 Å². The molecular formula is C15H23BrN2S. The van der Waals surface area contributed by atoms with Crippen molar-refractivity contribution in [2.75, 3.05) is 5.32 Å². The average Bonchev–Trinajstić information content (AvgIpc) is 2.27. The molecule has 0 aliphatic rings. The summed E-state index contributed by atoms with van der Waals surface area (Å²) in [5.41, 5.74) is 7.62. The first kappa shape index (κ1) is 16.4. The number of nitrogens with two attached hydrogens (primary N) is 1. The number of nitrogens with one attached hydrogen (secondary N) is 1. The van der Waals surface area contributed by atoms with Crippen LogP contribution in [0.25, 0.3) is 0 Å². The Morgan fingerprint density at radius 1 is 1.32 bits per heavy atom. The summed E-state index contributed by atoms with van der Waals surface area (Å²) >= 11 is 8.49. The molecule has 0 fully saturated rings. The van der Waals surface area contributed by atoms with Crippen LogP contribution in [0.1, 0.15) is 45.6 Å². The molecule has 1 atom stereocenters. The highest BCUT2D eigenvalue weighted by molar-refractivity contribution is 9.10. The zero-order valence-electron chi connectivity index (χ0n) is 11.9. The SMILES string of the molecule is CC(C)CCCC(C)Nc1ccc(C(N)=S)c(Br)c1. The maximum absolute atomic E-state index is 5.64. The lowest BCUT2D eigenvalue weighted by molar-refractivity contribution is 0.520. The summed E-state index contributed by atoms with van der Waals surface area (Å²) in [6, 6.07) is 6.49. The fraction of sp³-hybridized carbons (Fsp3) is 0.533. The van der Waals surface area contributed by atoms with E-state index in [9.17, 15) is 0 Å². The Morgan fingerprint density at radius 3 is 2.53 bits per heavy atom. The van der Waals surface area contributed by atoms with Crippen LogP contribution in [0.2, 0.25) is 0 Å². The van der Waals surface area contributed by atoms with E-state index in [4.69, 9.17) is 18.0 Å². The number of thiocarbonyl (C=S) groups is 1. The van der Waals surface area contributed by atoms with Gasteiger partial charge in [0.25, 0.3) is 0 Å². The Balaban J connectivity index is 2.53. The summed E-state index contributed by atoms with van der Waals surface area (Å²) in [4.78, 5) is 0.420. The largest absolute Gasteiger partial charge is 0.389 e. The molecule has 0 spiro atoms. The van der Waals surface area contributed by atoms with Gasteiger partial charge in [0.15, 0.2) is 0 Å². The first-order chi connectivity index (χ1) is 8.90. The maximum atomic E-state index is 5.64. The molecule has 0 amide bonds. The fourth-order valence-electron chi connectivity index (χ4n) is 1.99. The topological polar surface area (TPSA) is 38.0 Å². The van der Waals surface area contributed by atoms with Gasteiger partial charge in [-0.05, 0) is 53.4 Å². The highest BCUT2D eigenvalue weighted by Gasteiger charge is 2.06. The van der Waals surface area contributed by atoms with Crippen LogP contribution in [-0.2, 0) is 0 Å². The summed E-state index contributed by atoms with van der Waals surface area (Å²) in [5, 5.41) is 3.51. The molecule has 0 heterocycles. The van der Waals surface area contributed by atoms with Gasteiger partial charge in [-0.3, -0.25) is 0 Å². The minimum Gasteiger partial charge on any atom is -0.389 e. The average molecular weight is 343 g/mol. The molecule has 0 saturated carbocycles. The summed E-state index contributed by atoms with van der Waals surface area (Å²) in [5.74, 6) is 0.784. The lowest BCUT2D eigenvalue weighted by atomic mass is 10.0. The lowest BCUT2D eigenvalue weighted by Gasteiger charge is -2.16. The van der Waals surface area contributed by atoms with Crippen LogP contribution in [0.4, 0.5) is 5.69 Å². The van der Waals surface area contributed by atoms with E-state index in [1.165, 1.54) is 19.3 Å². The summed E-state index contributed by atoms with van der Waals surface area (Å²) < 4.78 is 0.944. The second kappa shape index (κ2) is 7.85. The van der Waals surface area contributed by atoms with Crippen molar-refractivity contribution in [1.29, 1.82) is 0 Å². The molecule has 0 aliphatic carbocycles. The molecule has 1 aromatic rings. The first-order valence-electron chi connectivity index (χ1n) is 6.76. The van der Waals surface area contributed by atoms with E-state index in [1.54, 1.807) is 0 Å². The van der Waals surface area contributed by atoms with Gasteiger partial charge >= 0.3 is 0 Å². The van der Waals surface area contributed by atoms with Crippen LogP contribution < -0.4 is 11.1 Å². The van der Waals surface area contributed by atoms with Crippen LogP contribution in [0.15, 0.2) is 22.7 Å². The Hall–Kier alpha value is -0.610. The third-order valence-corrected chi connectivity index (χ3v) is 3.94. The minimum atomic E-state index is 0.420. The predicted molar refractivity (Wildman–Crippen MR) is 91.8 cm³/mol. The van der Waals surface area contributed by atoms with Gasteiger partial charge < -0.3 is 11.1 Å². The summed E-state index contributed by atoms with van der Waals surface area (Å²) in [7, 11) is 0. The molecule has 106 valence electrons. The third kappa shape index (κ3) is 5.91. The molecule has 0 aromatic heterocycles. The van der Waals surface area contributed by atoms with Crippen LogP contribution in [0.3, 0.4) is 0 Å². The van der Waals surface area contributed by atoms with Gasteiger partial charge in [-0.2, -0.15) is 0 Å². The molecule has 3 N–H and O–H groups in total. The highest BCUT2D eigenvalue weighted by atomic mass is 79.9. The summed E-state index contributed by atoms with van der Waals surface area (Å²) in [6.07, 6.45) is 3.74. The van der Waals surface area contributed by atoms with Gasteiger partial charge in [0.1, 0.15) is 4.99 Å². The van der Waals surface area contributed by atoms with E-state index in [0.717, 1.165) is 21.6 Å². The second-order valence-electron chi connectivity index (χ2n) is 5.43. The maximum Gasteiger partial charge on any atom is 0.105 e. The van der Waals surface area contributed by atoms with Gasteiger partial charge in [0.2, 0.25) is 0 Å². The Kier molecular flexibility index (Phi) is 6.80. The Morgan fingerprint density at radius 2 is 2.00 bits per heavy atom. The van der Waals surface area contributed by atoms with Crippen molar-refractivity contribution in [3.8, 4) is 0 Å². The first-order valence-corrected chi connectivity index (χ1v) is 7.96. The standard InChI is InChI=1S/C15H23BrN2S/c1-10(2)5-4-6-11(3)18-12-7-8-13(15(17)19)14(16)9-12/h7-11,18H,4-6H2,1-3H3,(H2,17,19). The Labute approximate surface area is 130 Å². The summed E-state index contributed by atoms with van der Waals surface area (Å²) in [6.45, 7) is 6.75. The number of hydrogen-bond acceptors (Lipinski definition) is 2. The lowest BCUT2D eigenvalue weighted by Crippen LogP contribution is -2.16. The van der Waals surface area contributed by atoms with E-state index in [-0.39, 0.29) is 0 Å². The molecular weight excluding hydrogens is 320 g/mol. The van der Waals surface area contributed by atoms with E-state index in [0.29, 0.717) is 11.0 Å². The van der Waals surface area contributed by atoms with Gasteiger partial charge in [-0.25, -0.2) is 0 Å². The van der Waals surface area contributed by atoms with Crippen molar-refractivity contribution in [3.63, 3.8) is 0 Å². The van der Waals surface area contributed by atoms with E-state index in [1.807, 2.05) is 18.2 Å². The molecule has 1 aromatic carbocycles. The molecule has 0 bridgehead atoms. The van der Waals surface area contributed by atoms with Crippen molar-refractivity contribution in [2.45, 2.75) is 46.1 Å². The van der Waals surface area contributed by atoms with E-state index < -0.39 is 0 Å². The highest BCUT2D eigenvalue weighted by Crippen LogP contribution is 2.22. The third-order valence-electron chi connectivity index (χ3n) is 3.07. The minimum absolute atomic E-state index is 0.420. The van der Waals surface area contributed by atoms with Crippen molar-refractivity contribution in [1.82, 2.24) is 0 Å². The van der Waals surface area contributed by atoms with Gasteiger partial charge in [-0.1, -0.05) is 38.9 Å². The number of anilines is 1. The zero-order chi connectivity index (χ0) is 14.4. The van der Waals surface area contributed by atoms with Crippen molar-refractivity contribution in [3.05, 3.63) is 28.2 Å². The monoisotopic (exact) mass is 342 g/mol. The molecule has 0 saturated heterocycles. The van der Waals surface area contributed by atoms with Crippen molar-refractivity contribution >= 4 is 38.8 Å². The fourth-order valence-corrected chi connectivity index (χ4v) is 2.90. The molecule has 0 aliphatic heterocycles. The molecule has 2 nitrogen and oxygen atoms in total. The number of rotatable bonds is 7. The van der Waals surface area contributed by atoms with Gasteiger partial charge in [0.05, 0.1) is 0 Å². The predicted octanol–water partition coefficient (Wildman–Crippen LogP) is 4.71. The molecule has 0 radical (unpaired) electrons. The van der Waals surface area contributed by atoms with Gasteiger partial charge in [-0.15, -0.1) is 0 Å². The van der Waals surface area contributed by atoms with Crippen LogP contribution in [0, 0.1) is 5.92 Å². The normalized spacial score (nSPS) is 12.5. The molecule has 1 unspecified atom stereocenters. The zero-order valence-corrected chi connectivity index (χ0v) is 14.3. The van der Waals surface area contributed by atoms with Crippen LogP contribution in [-0.4, -0.2) is 11.0 Å². The van der Waals surface area contributed by atoms with Crippen molar-refractivity contribution in [2.24, 2.45) is 11.7 Å². The molecule has 1 rings (SSSR count).